The third-order valence-corrected chi connectivity index (χ3v) is 2.59. The number of halogens is 2. The van der Waals surface area contributed by atoms with Gasteiger partial charge < -0.3 is 10.1 Å². The number of hydrogen-bond donors (Lipinski definition) is 1. The third kappa shape index (κ3) is 3.95. The lowest BCUT2D eigenvalue weighted by atomic mass is 10.2. The van der Waals surface area contributed by atoms with Gasteiger partial charge in [0.1, 0.15) is 11.5 Å². The van der Waals surface area contributed by atoms with E-state index in [1.165, 1.54) is 6.92 Å². The molecular formula is C15H15F2NO. The van der Waals surface area contributed by atoms with Crippen molar-refractivity contribution in [2.24, 2.45) is 0 Å². The van der Waals surface area contributed by atoms with Crippen LogP contribution in [0.2, 0.25) is 0 Å². The van der Waals surface area contributed by atoms with E-state index in [4.69, 9.17) is 4.74 Å². The number of rotatable bonds is 5. The Morgan fingerprint density at radius 2 is 1.63 bits per heavy atom. The van der Waals surface area contributed by atoms with Gasteiger partial charge in [-0.25, -0.2) is 8.78 Å². The summed E-state index contributed by atoms with van der Waals surface area (Å²) in [4.78, 5) is 0. The lowest BCUT2D eigenvalue weighted by Gasteiger charge is -2.15. The summed E-state index contributed by atoms with van der Waals surface area (Å²) in [5.74, 6) is 1.32. The average Bonchev–Trinajstić information content (AvgIpc) is 2.40. The van der Waals surface area contributed by atoms with Gasteiger partial charge >= 0.3 is 0 Å². The largest absolute Gasteiger partial charge is 0.457 e. The average molecular weight is 263 g/mol. The Kier molecular flexibility index (Phi) is 4.34. The quantitative estimate of drug-likeness (QED) is 0.854. The van der Waals surface area contributed by atoms with Crippen LogP contribution in [-0.4, -0.2) is 12.5 Å². The van der Waals surface area contributed by atoms with Gasteiger partial charge in [-0.3, -0.25) is 0 Å². The molecule has 1 atom stereocenters. The fourth-order valence-electron chi connectivity index (χ4n) is 1.60. The number of hydrogen-bond acceptors (Lipinski definition) is 2. The molecule has 0 bridgehead atoms. The van der Waals surface area contributed by atoms with Crippen molar-refractivity contribution in [3.05, 3.63) is 54.6 Å². The highest BCUT2D eigenvalue weighted by atomic mass is 19.3. The van der Waals surface area contributed by atoms with Crippen molar-refractivity contribution in [2.45, 2.75) is 19.4 Å². The Bertz CT molecular complexity index is 517. The summed E-state index contributed by atoms with van der Waals surface area (Å²) in [7, 11) is 0. The lowest BCUT2D eigenvalue weighted by molar-refractivity contribution is 0.130. The van der Waals surface area contributed by atoms with E-state index in [-0.39, 0.29) is 0 Å². The van der Waals surface area contributed by atoms with E-state index in [1.807, 2.05) is 30.3 Å². The molecule has 19 heavy (non-hydrogen) atoms. The SMILES string of the molecule is CC(Nc1cccc(Oc2ccccc2)c1)C(F)F. The fourth-order valence-corrected chi connectivity index (χ4v) is 1.60. The van der Waals surface area contributed by atoms with Gasteiger partial charge in [0.2, 0.25) is 0 Å². The van der Waals surface area contributed by atoms with Crippen LogP contribution in [0.3, 0.4) is 0 Å². The van der Waals surface area contributed by atoms with E-state index in [0.29, 0.717) is 17.2 Å². The van der Waals surface area contributed by atoms with Crippen LogP contribution in [-0.2, 0) is 0 Å². The topological polar surface area (TPSA) is 21.3 Å². The summed E-state index contributed by atoms with van der Waals surface area (Å²) in [6, 6.07) is 15.4. The van der Waals surface area contributed by atoms with Crippen LogP contribution in [0, 0.1) is 0 Å². The van der Waals surface area contributed by atoms with E-state index >= 15 is 0 Å². The molecule has 0 aliphatic carbocycles. The molecule has 2 aromatic rings. The molecule has 0 heterocycles. The molecule has 0 amide bonds. The Hall–Kier alpha value is -2.10. The number of para-hydroxylation sites is 1. The molecule has 2 aromatic carbocycles. The predicted octanol–water partition coefficient (Wildman–Crippen LogP) is 4.54. The van der Waals surface area contributed by atoms with Gasteiger partial charge in [0, 0.05) is 11.8 Å². The Morgan fingerprint density at radius 3 is 2.32 bits per heavy atom. The van der Waals surface area contributed by atoms with Crippen LogP contribution >= 0.6 is 0 Å². The zero-order valence-electron chi connectivity index (χ0n) is 10.5. The molecule has 0 aliphatic rings. The molecule has 0 aromatic heterocycles. The van der Waals surface area contributed by atoms with Gasteiger partial charge in [-0.15, -0.1) is 0 Å². The summed E-state index contributed by atoms with van der Waals surface area (Å²) in [6.45, 7) is 1.44. The first-order chi connectivity index (χ1) is 9.15. The highest BCUT2D eigenvalue weighted by Crippen LogP contribution is 2.24. The second-order valence-electron chi connectivity index (χ2n) is 4.21. The smallest absolute Gasteiger partial charge is 0.258 e. The summed E-state index contributed by atoms with van der Waals surface area (Å²) >= 11 is 0. The van der Waals surface area contributed by atoms with Crippen LogP contribution < -0.4 is 10.1 Å². The molecule has 2 nitrogen and oxygen atoms in total. The van der Waals surface area contributed by atoms with E-state index in [1.54, 1.807) is 24.3 Å². The minimum absolute atomic E-state index is 0.609. The number of nitrogens with one attached hydrogen (secondary N) is 1. The van der Waals surface area contributed by atoms with Gasteiger partial charge in [0.05, 0.1) is 6.04 Å². The molecule has 0 saturated carbocycles. The highest BCUT2D eigenvalue weighted by molar-refractivity contribution is 5.49. The van der Waals surface area contributed by atoms with Crippen LogP contribution in [0.4, 0.5) is 14.5 Å². The van der Waals surface area contributed by atoms with Crippen molar-refractivity contribution in [1.82, 2.24) is 0 Å². The molecular weight excluding hydrogens is 248 g/mol. The minimum Gasteiger partial charge on any atom is -0.457 e. The maximum atomic E-state index is 12.5. The van der Waals surface area contributed by atoms with Crippen molar-refractivity contribution >= 4 is 5.69 Å². The molecule has 4 heteroatoms. The minimum atomic E-state index is -2.40. The van der Waals surface area contributed by atoms with Gasteiger partial charge in [-0.05, 0) is 31.2 Å². The van der Waals surface area contributed by atoms with E-state index < -0.39 is 12.5 Å². The molecule has 0 aliphatic heterocycles. The van der Waals surface area contributed by atoms with Gasteiger partial charge in [-0.1, -0.05) is 24.3 Å². The van der Waals surface area contributed by atoms with Crippen LogP contribution in [0.1, 0.15) is 6.92 Å². The van der Waals surface area contributed by atoms with Crippen LogP contribution in [0.5, 0.6) is 11.5 Å². The number of ether oxygens (including phenoxy) is 1. The highest BCUT2D eigenvalue weighted by Gasteiger charge is 2.13. The normalized spacial score (nSPS) is 12.2. The molecule has 1 N–H and O–H groups in total. The van der Waals surface area contributed by atoms with Crippen molar-refractivity contribution in [3.63, 3.8) is 0 Å². The fraction of sp³-hybridized carbons (Fsp3) is 0.200. The second-order valence-corrected chi connectivity index (χ2v) is 4.21. The zero-order valence-corrected chi connectivity index (χ0v) is 10.5. The monoisotopic (exact) mass is 263 g/mol. The lowest BCUT2D eigenvalue weighted by Crippen LogP contribution is -2.23. The first-order valence-corrected chi connectivity index (χ1v) is 6.03. The van der Waals surface area contributed by atoms with Gasteiger partial charge in [-0.2, -0.15) is 0 Å². The summed E-state index contributed by atoms with van der Waals surface area (Å²) in [5, 5.41) is 2.74. The maximum Gasteiger partial charge on any atom is 0.258 e. The van der Waals surface area contributed by atoms with Crippen molar-refractivity contribution < 1.29 is 13.5 Å². The second kappa shape index (κ2) is 6.18. The zero-order chi connectivity index (χ0) is 13.7. The van der Waals surface area contributed by atoms with E-state index in [9.17, 15) is 8.78 Å². The first kappa shape index (κ1) is 13.3. The number of alkyl halides is 2. The number of anilines is 1. The molecule has 1 unspecified atom stereocenters. The molecule has 100 valence electrons. The van der Waals surface area contributed by atoms with Crippen molar-refractivity contribution in [3.8, 4) is 11.5 Å². The van der Waals surface area contributed by atoms with Gasteiger partial charge in [0.15, 0.2) is 0 Å². The van der Waals surface area contributed by atoms with E-state index in [2.05, 4.69) is 5.32 Å². The Labute approximate surface area is 111 Å². The van der Waals surface area contributed by atoms with Gasteiger partial charge in [0.25, 0.3) is 6.43 Å². The maximum absolute atomic E-state index is 12.5. The standard InChI is InChI=1S/C15H15F2NO/c1-11(15(16)17)18-12-6-5-9-14(10-12)19-13-7-3-2-4-8-13/h2-11,15,18H,1H3. The Balaban J connectivity index is 2.07. The van der Waals surface area contributed by atoms with Crippen LogP contribution in [0.15, 0.2) is 54.6 Å². The Morgan fingerprint density at radius 1 is 0.947 bits per heavy atom. The molecule has 0 fully saturated rings. The number of benzene rings is 2. The molecule has 2 rings (SSSR count). The molecule has 0 radical (unpaired) electrons. The predicted molar refractivity (Wildman–Crippen MR) is 72.0 cm³/mol. The summed E-state index contributed by atoms with van der Waals surface area (Å²) in [5.41, 5.74) is 0.612. The summed E-state index contributed by atoms with van der Waals surface area (Å²) in [6.07, 6.45) is -2.40. The van der Waals surface area contributed by atoms with Crippen molar-refractivity contribution in [2.75, 3.05) is 5.32 Å². The van der Waals surface area contributed by atoms with E-state index in [0.717, 1.165) is 0 Å². The third-order valence-electron chi connectivity index (χ3n) is 2.59. The van der Waals surface area contributed by atoms with Crippen LogP contribution in [0.25, 0.3) is 0 Å². The first-order valence-electron chi connectivity index (χ1n) is 6.03. The molecule has 0 spiro atoms. The molecule has 0 saturated heterocycles. The van der Waals surface area contributed by atoms with Crippen molar-refractivity contribution in [1.29, 1.82) is 0 Å². The summed E-state index contributed by atoms with van der Waals surface area (Å²) < 4.78 is 30.6.